The highest BCUT2D eigenvalue weighted by Crippen LogP contribution is 2.26. The average Bonchev–Trinajstić information content (AvgIpc) is 2.76. The molecular weight excluding hydrogens is 242 g/mol. The lowest BCUT2D eigenvalue weighted by Gasteiger charge is -2.23. The quantitative estimate of drug-likeness (QED) is 0.828. The maximum atomic E-state index is 9.84. The van der Waals surface area contributed by atoms with Gasteiger partial charge in [0.1, 0.15) is 0 Å². The summed E-state index contributed by atoms with van der Waals surface area (Å²) >= 11 is 1.78. The first-order valence-electron chi connectivity index (χ1n) is 6.68. The zero-order valence-electron chi connectivity index (χ0n) is 11.3. The van der Waals surface area contributed by atoms with Crippen LogP contribution in [-0.4, -0.2) is 36.0 Å². The Kier molecular flexibility index (Phi) is 5.10. The summed E-state index contributed by atoms with van der Waals surface area (Å²) in [5.41, 5.74) is 1.35. The lowest BCUT2D eigenvalue weighted by atomic mass is 10.1. The first-order valence-corrected chi connectivity index (χ1v) is 7.91. The summed E-state index contributed by atoms with van der Waals surface area (Å²) in [6.07, 6.45) is 5.37. The summed E-state index contributed by atoms with van der Waals surface area (Å²) in [6, 6.07) is 8.76. The number of nitrogens with zero attached hydrogens (tertiary/aromatic N) is 1. The summed E-state index contributed by atoms with van der Waals surface area (Å²) in [5, 5.41) is 9.84. The van der Waals surface area contributed by atoms with E-state index in [1.807, 2.05) is 0 Å². The molecule has 1 aromatic rings. The molecule has 0 aliphatic heterocycles. The Morgan fingerprint density at radius 2 is 2.00 bits per heavy atom. The Balaban J connectivity index is 1.84. The van der Waals surface area contributed by atoms with Gasteiger partial charge in [0.2, 0.25) is 0 Å². The number of hydrogen-bond acceptors (Lipinski definition) is 3. The molecular formula is C15H23NOS. The molecule has 1 fully saturated rings. The Morgan fingerprint density at radius 1 is 1.28 bits per heavy atom. The van der Waals surface area contributed by atoms with Crippen LogP contribution in [0.1, 0.15) is 24.8 Å². The van der Waals surface area contributed by atoms with Crippen LogP contribution in [0.5, 0.6) is 0 Å². The van der Waals surface area contributed by atoms with Crippen LogP contribution in [-0.2, 0) is 6.54 Å². The van der Waals surface area contributed by atoms with Crippen LogP contribution >= 0.6 is 11.8 Å². The van der Waals surface area contributed by atoms with Gasteiger partial charge in [-0.15, -0.1) is 11.8 Å². The normalized spacial score (nSPS) is 23.8. The van der Waals surface area contributed by atoms with Crippen molar-refractivity contribution >= 4 is 11.8 Å². The molecule has 18 heavy (non-hydrogen) atoms. The molecule has 0 saturated heterocycles. The van der Waals surface area contributed by atoms with Gasteiger partial charge in [-0.3, -0.25) is 0 Å². The Morgan fingerprint density at radius 3 is 2.56 bits per heavy atom. The lowest BCUT2D eigenvalue weighted by Crippen LogP contribution is -2.29. The van der Waals surface area contributed by atoms with E-state index in [0.717, 1.165) is 19.5 Å². The van der Waals surface area contributed by atoms with Crippen molar-refractivity contribution in [3.05, 3.63) is 29.8 Å². The molecule has 0 radical (unpaired) electrons. The van der Waals surface area contributed by atoms with Crippen molar-refractivity contribution in [1.82, 2.24) is 4.90 Å². The molecule has 1 aromatic carbocycles. The van der Waals surface area contributed by atoms with Gasteiger partial charge in [0.05, 0.1) is 6.10 Å². The largest absolute Gasteiger partial charge is 0.393 e. The molecule has 1 aliphatic rings. The molecule has 0 amide bonds. The van der Waals surface area contributed by atoms with Crippen LogP contribution in [0.3, 0.4) is 0 Å². The van der Waals surface area contributed by atoms with E-state index < -0.39 is 0 Å². The Hall–Kier alpha value is -0.510. The van der Waals surface area contributed by atoms with Crippen molar-refractivity contribution in [2.45, 2.75) is 36.8 Å². The smallest absolute Gasteiger partial charge is 0.0580 e. The monoisotopic (exact) mass is 265 g/mol. The lowest BCUT2D eigenvalue weighted by molar-refractivity contribution is 0.108. The first-order chi connectivity index (χ1) is 8.69. The topological polar surface area (TPSA) is 23.5 Å². The van der Waals surface area contributed by atoms with E-state index in [1.54, 1.807) is 11.8 Å². The molecule has 0 spiro atoms. The second-order valence-electron chi connectivity index (χ2n) is 5.30. The minimum atomic E-state index is -0.0775. The van der Waals surface area contributed by atoms with E-state index in [4.69, 9.17) is 0 Å². The summed E-state index contributed by atoms with van der Waals surface area (Å²) < 4.78 is 0. The van der Waals surface area contributed by atoms with Crippen molar-refractivity contribution in [2.75, 3.05) is 19.8 Å². The third kappa shape index (κ3) is 3.74. The average molecular weight is 265 g/mol. The summed E-state index contributed by atoms with van der Waals surface area (Å²) in [6.45, 7) is 1.98. The van der Waals surface area contributed by atoms with Gasteiger partial charge in [-0.2, -0.15) is 0 Å². The number of aliphatic hydroxyl groups is 1. The standard InChI is InChI=1S/C15H23NOS/c1-16(11-13-4-3-5-15(13)17)10-12-6-8-14(18-2)9-7-12/h6-9,13,15,17H,3-5,10-11H2,1-2H3. The first kappa shape index (κ1) is 13.9. The van der Waals surface area contributed by atoms with E-state index in [0.29, 0.717) is 5.92 Å². The van der Waals surface area contributed by atoms with Crippen LogP contribution in [0.25, 0.3) is 0 Å². The van der Waals surface area contributed by atoms with E-state index >= 15 is 0 Å². The SMILES string of the molecule is CSc1ccc(CN(C)CC2CCCC2O)cc1. The molecule has 100 valence electrons. The molecule has 2 nitrogen and oxygen atoms in total. The predicted molar refractivity (Wildman–Crippen MR) is 77.9 cm³/mol. The van der Waals surface area contributed by atoms with Crippen molar-refractivity contribution in [2.24, 2.45) is 5.92 Å². The van der Waals surface area contributed by atoms with Crippen LogP contribution in [0.15, 0.2) is 29.2 Å². The molecule has 2 atom stereocenters. The fourth-order valence-corrected chi connectivity index (χ4v) is 3.15. The van der Waals surface area contributed by atoms with Gasteiger partial charge in [-0.25, -0.2) is 0 Å². The highest BCUT2D eigenvalue weighted by molar-refractivity contribution is 7.98. The fourth-order valence-electron chi connectivity index (χ4n) is 2.74. The number of aliphatic hydroxyl groups excluding tert-OH is 1. The van der Waals surface area contributed by atoms with Gasteiger partial charge in [0.25, 0.3) is 0 Å². The molecule has 0 bridgehead atoms. The zero-order chi connectivity index (χ0) is 13.0. The maximum absolute atomic E-state index is 9.84. The predicted octanol–water partition coefficient (Wildman–Crippen LogP) is 3.00. The van der Waals surface area contributed by atoms with Gasteiger partial charge < -0.3 is 10.0 Å². The van der Waals surface area contributed by atoms with Gasteiger partial charge in [-0.05, 0) is 49.8 Å². The van der Waals surface area contributed by atoms with Gasteiger partial charge in [0.15, 0.2) is 0 Å². The molecule has 1 aliphatic carbocycles. The van der Waals surface area contributed by atoms with Gasteiger partial charge >= 0.3 is 0 Å². The molecule has 1 N–H and O–H groups in total. The third-order valence-corrected chi connectivity index (χ3v) is 4.52. The second kappa shape index (κ2) is 6.60. The van der Waals surface area contributed by atoms with Crippen LogP contribution in [0.4, 0.5) is 0 Å². The van der Waals surface area contributed by atoms with E-state index in [-0.39, 0.29) is 6.10 Å². The molecule has 0 aromatic heterocycles. The van der Waals surface area contributed by atoms with Crippen LogP contribution in [0.2, 0.25) is 0 Å². The Labute approximate surface area is 114 Å². The summed E-state index contributed by atoms with van der Waals surface area (Å²) in [4.78, 5) is 3.64. The molecule has 1 saturated carbocycles. The molecule has 3 heteroatoms. The van der Waals surface area contributed by atoms with Crippen molar-refractivity contribution in [3.8, 4) is 0 Å². The highest BCUT2D eigenvalue weighted by atomic mass is 32.2. The zero-order valence-corrected chi connectivity index (χ0v) is 12.1. The fraction of sp³-hybridized carbons (Fsp3) is 0.600. The van der Waals surface area contributed by atoms with Crippen molar-refractivity contribution in [3.63, 3.8) is 0 Å². The van der Waals surface area contributed by atoms with Crippen LogP contribution in [0, 0.1) is 5.92 Å². The Bertz CT molecular complexity index is 365. The molecule has 2 rings (SSSR count). The van der Waals surface area contributed by atoms with Gasteiger partial charge in [-0.1, -0.05) is 18.6 Å². The third-order valence-electron chi connectivity index (χ3n) is 3.78. The van der Waals surface area contributed by atoms with E-state index in [9.17, 15) is 5.11 Å². The maximum Gasteiger partial charge on any atom is 0.0580 e. The number of thioether (sulfide) groups is 1. The molecule has 2 unspecified atom stereocenters. The highest BCUT2D eigenvalue weighted by Gasteiger charge is 2.25. The summed E-state index contributed by atoms with van der Waals surface area (Å²) in [5.74, 6) is 0.473. The van der Waals surface area contributed by atoms with E-state index in [2.05, 4.69) is 42.5 Å². The second-order valence-corrected chi connectivity index (χ2v) is 6.18. The number of benzene rings is 1. The minimum Gasteiger partial charge on any atom is -0.393 e. The van der Waals surface area contributed by atoms with Gasteiger partial charge in [0, 0.05) is 18.0 Å². The van der Waals surface area contributed by atoms with Crippen LogP contribution < -0.4 is 0 Å². The van der Waals surface area contributed by atoms with Crippen molar-refractivity contribution in [1.29, 1.82) is 0 Å². The number of hydrogen-bond donors (Lipinski definition) is 1. The van der Waals surface area contributed by atoms with Crippen molar-refractivity contribution < 1.29 is 5.11 Å². The molecule has 0 heterocycles. The summed E-state index contributed by atoms with van der Waals surface area (Å²) in [7, 11) is 2.15. The minimum absolute atomic E-state index is 0.0775. The number of rotatable bonds is 5. The van der Waals surface area contributed by atoms with E-state index in [1.165, 1.54) is 23.3 Å².